The van der Waals surface area contributed by atoms with Crippen molar-refractivity contribution in [1.82, 2.24) is 15.5 Å². The van der Waals surface area contributed by atoms with Crippen molar-refractivity contribution >= 4 is 29.3 Å². The van der Waals surface area contributed by atoms with Crippen molar-refractivity contribution in [2.45, 2.75) is 13.3 Å². The van der Waals surface area contributed by atoms with Crippen molar-refractivity contribution in [3.8, 4) is 0 Å². The van der Waals surface area contributed by atoms with Crippen LogP contribution in [-0.2, 0) is 4.79 Å². The summed E-state index contributed by atoms with van der Waals surface area (Å²) in [4.78, 5) is 21.0. The Labute approximate surface area is 165 Å². The Balaban J connectivity index is 1.72. The van der Waals surface area contributed by atoms with Crippen LogP contribution in [-0.4, -0.2) is 74.6 Å². The molecule has 1 fully saturated rings. The van der Waals surface area contributed by atoms with Gasteiger partial charge in [-0.15, -0.1) is 0 Å². The van der Waals surface area contributed by atoms with Gasteiger partial charge in [0, 0.05) is 57.1 Å². The van der Waals surface area contributed by atoms with Crippen molar-refractivity contribution in [3.63, 3.8) is 0 Å². The second kappa shape index (κ2) is 11.7. The molecule has 0 radical (unpaired) electrons. The highest BCUT2D eigenvalue weighted by Crippen LogP contribution is 2.17. The van der Waals surface area contributed by atoms with Gasteiger partial charge in [-0.1, -0.05) is 0 Å². The number of hydrogen-bond acceptors (Lipinski definition) is 4. The number of thioether (sulfide) groups is 1. The van der Waals surface area contributed by atoms with Crippen molar-refractivity contribution in [2.75, 3.05) is 62.7 Å². The van der Waals surface area contributed by atoms with E-state index in [1.165, 1.54) is 12.1 Å². The molecule has 0 unspecified atom stereocenters. The van der Waals surface area contributed by atoms with Gasteiger partial charge in [-0.05, 0) is 37.4 Å². The standard InChI is InChI=1S/C19H30FN5OS/c1-3-21-19(23-10-15-27-2)22-9-8-18(26)25-13-11-24(12-14-25)17-6-4-16(20)5-7-17/h4-7H,3,8-15H2,1-2H3,(H2,21,22,23). The van der Waals surface area contributed by atoms with Gasteiger partial charge in [0.05, 0.1) is 6.54 Å². The fourth-order valence-corrected chi connectivity index (χ4v) is 3.18. The summed E-state index contributed by atoms with van der Waals surface area (Å²) in [6.45, 7) is 7.07. The third-order valence-electron chi connectivity index (χ3n) is 4.37. The molecule has 0 atom stereocenters. The van der Waals surface area contributed by atoms with Crippen molar-refractivity contribution in [2.24, 2.45) is 4.99 Å². The topological polar surface area (TPSA) is 60.0 Å². The molecule has 2 N–H and O–H groups in total. The van der Waals surface area contributed by atoms with E-state index >= 15 is 0 Å². The molecule has 2 rings (SSSR count). The van der Waals surface area contributed by atoms with E-state index in [4.69, 9.17) is 0 Å². The number of anilines is 1. The fraction of sp³-hybridized carbons (Fsp3) is 0.579. The number of nitrogens with one attached hydrogen (secondary N) is 2. The van der Waals surface area contributed by atoms with Crippen LogP contribution in [0.5, 0.6) is 0 Å². The highest BCUT2D eigenvalue weighted by molar-refractivity contribution is 7.98. The molecule has 1 aliphatic rings. The van der Waals surface area contributed by atoms with Crippen LogP contribution in [0.2, 0.25) is 0 Å². The molecular formula is C19H30FN5OS. The van der Waals surface area contributed by atoms with E-state index in [1.807, 2.05) is 11.8 Å². The third kappa shape index (κ3) is 7.28. The first-order valence-corrected chi connectivity index (χ1v) is 10.8. The van der Waals surface area contributed by atoms with Gasteiger partial charge in [-0.3, -0.25) is 9.79 Å². The highest BCUT2D eigenvalue weighted by atomic mass is 32.2. The molecule has 0 aromatic heterocycles. The van der Waals surface area contributed by atoms with Crippen LogP contribution in [0.4, 0.5) is 10.1 Å². The van der Waals surface area contributed by atoms with E-state index in [2.05, 4.69) is 26.8 Å². The molecule has 6 nitrogen and oxygen atoms in total. The van der Waals surface area contributed by atoms with Gasteiger partial charge in [-0.25, -0.2) is 4.39 Å². The molecule has 1 aromatic carbocycles. The van der Waals surface area contributed by atoms with Gasteiger partial charge in [-0.2, -0.15) is 11.8 Å². The van der Waals surface area contributed by atoms with Gasteiger partial charge in [0.1, 0.15) is 5.82 Å². The van der Waals surface area contributed by atoms with Crippen molar-refractivity contribution < 1.29 is 9.18 Å². The zero-order chi connectivity index (χ0) is 19.5. The molecule has 1 saturated heterocycles. The monoisotopic (exact) mass is 395 g/mol. The van der Waals surface area contributed by atoms with Crippen molar-refractivity contribution in [1.29, 1.82) is 0 Å². The number of nitrogens with zero attached hydrogens (tertiary/aromatic N) is 3. The smallest absolute Gasteiger partial charge is 0.224 e. The summed E-state index contributed by atoms with van der Waals surface area (Å²) >= 11 is 1.76. The maximum absolute atomic E-state index is 13.0. The minimum absolute atomic E-state index is 0.154. The number of carbonyl (C=O) groups excluding carboxylic acids is 1. The van der Waals surface area contributed by atoms with Gasteiger partial charge in [0.25, 0.3) is 0 Å². The van der Waals surface area contributed by atoms with E-state index in [0.29, 0.717) is 26.1 Å². The molecule has 1 amide bonds. The molecule has 0 saturated carbocycles. The minimum atomic E-state index is -0.228. The highest BCUT2D eigenvalue weighted by Gasteiger charge is 2.21. The Morgan fingerprint density at radius 1 is 1.19 bits per heavy atom. The molecule has 27 heavy (non-hydrogen) atoms. The minimum Gasteiger partial charge on any atom is -0.368 e. The maximum Gasteiger partial charge on any atom is 0.224 e. The average molecular weight is 396 g/mol. The predicted molar refractivity (Wildman–Crippen MR) is 112 cm³/mol. The molecule has 1 aliphatic heterocycles. The van der Waals surface area contributed by atoms with E-state index in [-0.39, 0.29) is 11.7 Å². The normalized spacial score (nSPS) is 15.0. The first-order valence-electron chi connectivity index (χ1n) is 9.43. The summed E-state index contributed by atoms with van der Waals surface area (Å²) < 4.78 is 13.0. The fourth-order valence-electron chi connectivity index (χ4n) is 2.90. The Morgan fingerprint density at radius 3 is 2.52 bits per heavy atom. The molecule has 0 bridgehead atoms. The lowest BCUT2D eigenvalue weighted by molar-refractivity contribution is -0.131. The quantitative estimate of drug-likeness (QED) is 0.399. The summed E-state index contributed by atoms with van der Waals surface area (Å²) in [6, 6.07) is 6.52. The summed E-state index contributed by atoms with van der Waals surface area (Å²) in [5.74, 6) is 1.67. The van der Waals surface area contributed by atoms with Gasteiger partial charge in [0.15, 0.2) is 5.96 Å². The number of benzene rings is 1. The van der Waals surface area contributed by atoms with Crippen LogP contribution in [0.25, 0.3) is 0 Å². The number of rotatable bonds is 8. The van der Waals surface area contributed by atoms with Crippen LogP contribution in [0.15, 0.2) is 29.3 Å². The van der Waals surface area contributed by atoms with Gasteiger partial charge >= 0.3 is 0 Å². The molecule has 150 valence electrons. The number of hydrogen-bond donors (Lipinski definition) is 2. The Hall–Kier alpha value is -1.96. The molecule has 1 aromatic rings. The van der Waals surface area contributed by atoms with Crippen LogP contribution in [0.1, 0.15) is 13.3 Å². The SMILES string of the molecule is CCNC(=NCCSC)NCCC(=O)N1CCN(c2ccc(F)cc2)CC1. The zero-order valence-corrected chi connectivity index (χ0v) is 17.0. The van der Waals surface area contributed by atoms with Crippen LogP contribution in [0.3, 0.4) is 0 Å². The van der Waals surface area contributed by atoms with Gasteiger partial charge < -0.3 is 20.4 Å². The van der Waals surface area contributed by atoms with E-state index < -0.39 is 0 Å². The number of guanidine groups is 1. The van der Waals surface area contributed by atoms with Crippen LogP contribution < -0.4 is 15.5 Å². The first-order chi connectivity index (χ1) is 13.1. The summed E-state index contributed by atoms with van der Waals surface area (Å²) in [7, 11) is 0. The van der Waals surface area contributed by atoms with Gasteiger partial charge in [0.2, 0.25) is 5.91 Å². The second-order valence-electron chi connectivity index (χ2n) is 6.27. The Kier molecular flexibility index (Phi) is 9.24. The Morgan fingerprint density at radius 2 is 1.89 bits per heavy atom. The Bertz CT molecular complexity index is 603. The largest absolute Gasteiger partial charge is 0.368 e. The lowest BCUT2D eigenvalue weighted by Crippen LogP contribution is -2.49. The summed E-state index contributed by atoms with van der Waals surface area (Å²) in [6.07, 6.45) is 2.51. The number of halogens is 1. The van der Waals surface area contributed by atoms with E-state index in [1.54, 1.807) is 23.9 Å². The van der Waals surface area contributed by atoms with E-state index in [9.17, 15) is 9.18 Å². The third-order valence-corrected chi connectivity index (χ3v) is 4.96. The molecular weight excluding hydrogens is 365 g/mol. The first kappa shape index (κ1) is 21.3. The number of aliphatic imine (C=N–C) groups is 1. The second-order valence-corrected chi connectivity index (χ2v) is 7.26. The molecule has 8 heteroatoms. The van der Waals surface area contributed by atoms with Crippen LogP contribution >= 0.6 is 11.8 Å². The summed E-state index contributed by atoms with van der Waals surface area (Å²) in [5, 5.41) is 6.42. The molecule has 1 heterocycles. The predicted octanol–water partition coefficient (Wildman–Crippen LogP) is 1.78. The van der Waals surface area contributed by atoms with E-state index in [0.717, 1.165) is 43.6 Å². The molecule has 0 aliphatic carbocycles. The number of amides is 1. The zero-order valence-electron chi connectivity index (χ0n) is 16.2. The van der Waals surface area contributed by atoms with Crippen molar-refractivity contribution in [3.05, 3.63) is 30.1 Å². The lowest BCUT2D eigenvalue weighted by Gasteiger charge is -2.36. The molecule has 0 spiro atoms. The average Bonchev–Trinajstić information content (AvgIpc) is 2.69. The maximum atomic E-state index is 13.0. The summed E-state index contributed by atoms with van der Waals surface area (Å²) in [5.41, 5.74) is 1.00. The number of carbonyl (C=O) groups is 1. The van der Waals surface area contributed by atoms with Crippen LogP contribution in [0, 0.1) is 5.82 Å². The lowest BCUT2D eigenvalue weighted by atomic mass is 10.2. The number of piperazine rings is 1.